The van der Waals surface area contributed by atoms with Gasteiger partial charge in [0.05, 0.1) is 13.2 Å². The lowest BCUT2D eigenvalue weighted by atomic mass is 10.3. The van der Waals surface area contributed by atoms with Gasteiger partial charge in [-0.15, -0.1) is 10.1 Å². The average Bonchev–Trinajstić information content (AvgIpc) is 2.29. The maximum absolute atomic E-state index is 10.3. The zero-order valence-electron chi connectivity index (χ0n) is 10.7. The van der Waals surface area contributed by atoms with Gasteiger partial charge in [-0.3, -0.25) is 0 Å². The van der Waals surface area contributed by atoms with Crippen LogP contribution >= 0.6 is 0 Å². The van der Waals surface area contributed by atoms with Gasteiger partial charge in [-0.2, -0.15) is 0 Å². The summed E-state index contributed by atoms with van der Waals surface area (Å²) in [5, 5.41) is 9.47. The lowest BCUT2D eigenvalue weighted by Crippen LogP contribution is -2.28. The molecule has 0 bridgehead atoms. The van der Waals surface area contributed by atoms with Gasteiger partial charge in [0, 0.05) is 13.2 Å². The van der Waals surface area contributed by atoms with Crippen molar-refractivity contribution < 1.29 is 19.4 Å². The number of hydrogen-bond acceptors (Lipinski definition) is 5. The molecule has 0 fully saturated rings. The molecular weight excluding hydrogens is 226 g/mol. The van der Waals surface area contributed by atoms with E-state index in [1.807, 2.05) is 0 Å². The second kappa shape index (κ2) is 11.6. The molecule has 0 rings (SSSR count). The van der Waals surface area contributed by atoms with E-state index in [-0.39, 0.29) is 13.2 Å². The molecule has 6 nitrogen and oxygen atoms in total. The van der Waals surface area contributed by atoms with Crippen LogP contribution in [0.25, 0.3) is 0 Å². The average molecular weight is 249 g/mol. The van der Waals surface area contributed by atoms with Gasteiger partial charge in [0.25, 0.3) is 5.09 Å². The van der Waals surface area contributed by atoms with Gasteiger partial charge in [0.15, 0.2) is 6.10 Å². The Kier molecular flexibility index (Phi) is 11.0. The zero-order chi connectivity index (χ0) is 12.9. The molecule has 0 aromatic rings. The Balaban J connectivity index is 3.68. The fraction of sp³-hybridized carbons (Fsp3) is 1.00. The first-order valence-electron chi connectivity index (χ1n) is 6.17. The van der Waals surface area contributed by atoms with E-state index >= 15 is 0 Å². The van der Waals surface area contributed by atoms with Crippen LogP contribution in [0.1, 0.15) is 39.5 Å². The molecule has 0 atom stereocenters. The largest absolute Gasteiger partial charge is 0.379 e. The SMILES string of the molecule is CCCCOCC(COCCCC)O[N+](=O)[O-]. The summed E-state index contributed by atoms with van der Waals surface area (Å²) >= 11 is 0. The van der Waals surface area contributed by atoms with E-state index in [1.54, 1.807) is 0 Å². The first kappa shape index (κ1) is 16.1. The van der Waals surface area contributed by atoms with E-state index in [2.05, 4.69) is 18.7 Å². The monoisotopic (exact) mass is 249 g/mol. The normalized spacial score (nSPS) is 10.8. The Morgan fingerprint density at radius 2 is 1.53 bits per heavy atom. The fourth-order valence-electron chi connectivity index (χ4n) is 1.15. The van der Waals surface area contributed by atoms with Crippen LogP contribution in [0.2, 0.25) is 0 Å². The molecule has 0 unspecified atom stereocenters. The highest BCUT2D eigenvalue weighted by Gasteiger charge is 2.13. The highest BCUT2D eigenvalue weighted by Crippen LogP contribution is 1.99. The molecule has 0 spiro atoms. The van der Waals surface area contributed by atoms with Crippen molar-refractivity contribution in [3.8, 4) is 0 Å². The quantitative estimate of drug-likeness (QED) is 0.301. The Labute approximate surface area is 102 Å². The molecule has 102 valence electrons. The van der Waals surface area contributed by atoms with Gasteiger partial charge in [-0.05, 0) is 12.8 Å². The van der Waals surface area contributed by atoms with Crippen LogP contribution in [0.4, 0.5) is 0 Å². The zero-order valence-corrected chi connectivity index (χ0v) is 10.7. The van der Waals surface area contributed by atoms with Crippen LogP contribution in [0.3, 0.4) is 0 Å². The minimum Gasteiger partial charge on any atom is -0.379 e. The van der Waals surface area contributed by atoms with Gasteiger partial charge in [-0.25, -0.2) is 0 Å². The Morgan fingerprint density at radius 3 is 1.88 bits per heavy atom. The standard InChI is InChI=1S/C11H23NO5/c1-3-5-7-15-9-11(17-12(13)14)10-16-8-6-4-2/h11H,3-10H2,1-2H3. The second-order valence-corrected chi connectivity index (χ2v) is 3.81. The fourth-order valence-corrected chi connectivity index (χ4v) is 1.15. The molecule has 0 amide bonds. The molecular formula is C11H23NO5. The first-order valence-corrected chi connectivity index (χ1v) is 6.17. The van der Waals surface area contributed by atoms with Gasteiger partial charge >= 0.3 is 0 Å². The highest BCUT2D eigenvalue weighted by atomic mass is 17.0. The summed E-state index contributed by atoms with van der Waals surface area (Å²) in [6, 6.07) is 0. The molecule has 0 radical (unpaired) electrons. The van der Waals surface area contributed by atoms with Crippen LogP contribution < -0.4 is 0 Å². The van der Waals surface area contributed by atoms with Gasteiger partial charge in [0.2, 0.25) is 0 Å². The van der Waals surface area contributed by atoms with E-state index in [0.29, 0.717) is 13.2 Å². The first-order chi connectivity index (χ1) is 8.20. The minimum absolute atomic E-state index is 0.201. The molecule has 0 saturated heterocycles. The summed E-state index contributed by atoms with van der Waals surface area (Å²) in [7, 11) is 0. The molecule has 0 heterocycles. The number of ether oxygens (including phenoxy) is 2. The van der Waals surface area contributed by atoms with E-state index in [4.69, 9.17) is 9.47 Å². The Hall–Kier alpha value is -0.880. The van der Waals surface area contributed by atoms with Crippen LogP contribution in [0.5, 0.6) is 0 Å². The third-order valence-electron chi connectivity index (χ3n) is 2.13. The number of hydrogen-bond donors (Lipinski definition) is 0. The summed E-state index contributed by atoms with van der Waals surface area (Å²) in [5.74, 6) is 0. The number of rotatable bonds is 12. The Bertz CT molecular complexity index is 177. The van der Waals surface area contributed by atoms with Gasteiger partial charge in [0.1, 0.15) is 0 Å². The van der Waals surface area contributed by atoms with Crippen molar-refractivity contribution in [3.63, 3.8) is 0 Å². The van der Waals surface area contributed by atoms with Crippen molar-refractivity contribution in [2.24, 2.45) is 0 Å². The van der Waals surface area contributed by atoms with Crippen molar-refractivity contribution in [2.45, 2.75) is 45.6 Å². The summed E-state index contributed by atoms with van der Waals surface area (Å²) in [5.41, 5.74) is 0. The third-order valence-corrected chi connectivity index (χ3v) is 2.13. The van der Waals surface area contributed by atoms with Gasteiger partial charge in [-0.1, -0.05) is 26.7 Å². The van der Waals surface area contributed by atoms with Crippen LogP contribution in [0.15, 0.2) is 0 Å². The maximum atomic E-state index is 10.3. The summed E-state index contributed by atoms with van der Waals surface area (Å²) in [6.45, 7) is 5.72. The minimum atomic E-state index is -0.795. The second-order valence-electron chi connectivity index (χ2n) is 3.81. The molecule has 0 aliphatic rings. The van der Waals surface area contributed by atoms with Gasteiger partial charge < -0.3 is 14.3 Å². The smallest absolute Gasteiger partial charge is 0.294 e. The van der Waals surface area contributed by atoms with Crippen molar-refractivity contribution in [1.82, 2.24) is 0 Å². The molecule has 0 N–H and O–H groups in total. The Morgan fingerprint density at radius 1 is 1.06 bits per heavy atom. The lowest BCUT2D eigenvalue weighted by molar-refractivity contribution is -0.769. The predicted octanol–water partition coefficient (Wildman–Crippen LogP) is 2.20. The molecule has 0 saturated carbocycles. The predicted molar refractivity (Wildman–Crippen MR) is 63.3 cm³/mol. The third kappa shape index (κ3) is 11.4. The van der Waals surface area contributed by atoms with Crippen LogP contribution in [-0.2, 0) is 14.3 Å². The van der Waals surface area contributed by atoms with Crippen molar-refractivity contribution in [1.29, 1.82) is 0 Å². The maximum Gasteiger partial charge on any atom is 0.294 e. The molecule has 6 heteroatoms. The van der Waals surface area contributed by atoms with Crippen molar-refractivity contribution in [2.75, 3.05) is 26.4 Å². The lowest BCUT2D eigenvalue weighted by Gasteiger charge is -2.15. The molecule has 0 aromatic carbocycles. The van der Waals surface area contributed by atoms with E-state index < -0.39 is 11.2 Å². The highest BCUT2D eigenvalue weighted by molar-refractivity contribution is 4.53. The number of nitrogens with zero attached hydrogens (tertiary/aromatic N) is 1. The van der Waals surface area contributed by atoms with Crippen molar-refractivity contribution in [3.05, 3.63) is 10.1 Å². The topological polar surface area (TPSA) is 70.8 Å². The molecule has 0 aromatic heterocycles. The molecule has 0 aliphatic carbocycles. The van der Waals surface area contributed by atoms with Crippen LogP contribution in [-0.4, -0.2) is 37.6 Å². The summed E-state index contributed by atoms with van der Waals surface area (Å²) in [6.07, 6.45) is 3.34. The molecule has 17 heavy (non-hydrogen) atoms. The summed E-state index contributed by atoms with van der Waals surface area (Å²) in [4.78, 5) is 14.7. The number of unbranched alkanes of at least 4 members (excludes halogenated alkanes) is 2. The van der Waals surface area contributed by atoms with Crippen LogP contribution in [0, 0.1) is 10.1 Å². The van der Waals surface area contributed by atoms with E-state index in [9.17, 15) is 10.1 Å². The summed E-state index contributed by atoms with van der Waals surface area (Å²) < 4.78 is 10.6. The van der Waals surface area contributed by atoms with Crippen molar-refractivity contribution >= 4 is 0 Å². The molecule has 0 aliphatic heterocycles. The van der Waals surface area contributed by atoms with E-state index in [1.165, 1.54) is 0 Å². The van der Waals surface area contributed by atoms with E-state index in [0.717, 1.165) is 25.7 Å².